The Morgan fingerprint density at radius 3 is 2.35 bits per heavy atom. The number of piperazine rings is 1. The van der Waals surface area contributed by atoms with E-state index in [9.17, 15) is 19.5 Å². The average Bonchev–Trinajstić information content (AvgIpc) is 3.41. The van der Waals surface area contributed by atoms with Crippen LogP contribution in [0.25, 0.3) is 11.0 Å². The number of H-pyrrole nitrogens is 1. The number of carbonyl (C=O) groups excluding carboxylic acids is 2. The van der Waals surface area contributed by atoms with Crippen molar-refractivity contribution in [2.24, 2.45) is 0 Å². The van der Waals surface area contributed by atoms with Crippen LogP contribution in [0, 0.1) is 0 Å². The molecule has 3 fully saturated rings. The fourth-order valence-corrected chi connectivity index (χ4v) is 8.76. The van der Waals surface area contributed by atoms with Gasteiger partial charge in [0, 0.05) is 56.9 Å². The third kappa shape index (κ3) is 5.70. The van der Waals surface area contributed by atoms with E-state index in [0.717, 1.165) is 35.2 Å². The topological polar surface area (TPSA) is 114 Å². The summed E-state index contributed by atoms with van der Waals surface area (Å²) in [6, 6.07) is 21.3. The number of para-hydroxylation sites is 3. The van der Waals surface area contributed by atoms with Crippen LogP contribution >= 0.6 is 31.9 Å². The molecule has 3 aliphatic rings. The van der Waals surface area contributed by atoms with Gasteiger partial charge < -0.3 is 30.1 Å². The maximum atomic E-state index is 14.5. The molecule has 3 aliphatic heterocycles. The van der Waals surface area contributed by atoms with Crippen molar-refractivity contribution in [2.45, 2.75) is 49.7 Å². The Balaban J connectivity index is 1.11. The van der Waals surface area contributed by atoms with E-state index in [0.29, 0.717) is 60.8 Å². The Hall–Kier alpha value is -3.77. The van der Waals surface area contributed by atoms with Gasteiger partial charge in [0.1, 0.15) is 11.3 Å². The Morgan fingerprint density at radius 2 is 1.61 bits per heavy atom. The molecule has 2 atom stereocenters. The molecule has 3 amide bonds. The summed E-state index contributed by atoms with van der Waals surface area (Å²) in [5.41, 5.74) is 2.38. The molecule has 3 saturated heterocycles. The maximum Gasteiger partial charge on any atom is 0.326 e. The minimum absolute atomic E-state index is 0.0219. The van der Waals surface area contributed by atoms with Crippen LogP contribution in [0.5, 0.6) is 5.75 Å². The summed E-state index contributed by atoms with van der Waals surface area (Å²) in [7, 11) is 0. The van der Waals surface area contributed by atoms with E-state index < -0.39 is 5.54 Å². The van der Waals surface area contributed by atoms with E-state index >= 15 is 0 Å². The van der Waals surface area contributed by atoms with Gasteiger partial charge in [-0.2, -0.15) is 0 Å². The van der Waals surface area contributed by atoms with Gasteiger partial charge in [-0.05, 0) is 99.5 Å². The number of fused-ring (bicyclic) bond motifs is 2. The molecular weight excluding hydrogens is 716 g/mol. The summed E-state index contributed by atoms with van der Waals surface area (Å²) in [6.07, 6.45) is 2.82. The maximum absolute atomic E-state index is 14.5. The average molecular weight is 753 g/mol. The lowest BCUT2D eigenvalue weighted by Crippen LogP contribution is -2.70. The molecule has 3 N–H and O–H groups in total. The van der Waals surface area contributed by atoms with E-state index in [4.69, 9.17) is 0 Å². The second kappa shape index (κ2) is 12.4. The Kier molecular flexibility index (Phi) is 8.35. The molecular formula is C34H36Br2N6O4. The van der Waals surface area contributed by atoms with Crippen molar-refractivity contribution in [2.75, 3.05) is 37.6 Å². The molecule has 4 aromatic rings. The summed E-state index contributed by atoms with van der Waals surface area (Å²) in [5, 5.41) is 13.6. The fraction of sp³-hybridized carbons (Fsp3) is 0.382. The van der Waals surface area contributed by atoms with Crippen LogP contribution in [0.1, 0.15) is 37.3 Å². The lowest BCUT2D eigenvalue weighted by molar-refractivity contribution is -0.145. The molecule has 0 saturated carbocycles. The van der Waals surface area contributed by atoms with Crippen LogP contribution in [-0.2, 0) is 11.2 Å². The van der Waals surface area contributed by atoms with Crippen molar-refractivity contribution < 1.29 is 14.7 Å². The summed E-state index contributed by atoms with van der Waals surface area (Å²) in [6.45, 7) is 2.98. The summed E-state index contributed by atoms with van der Waals surface area (Å²) < 4.78 is 2.85. The predicted molar refractivity (Wildman–Crippen MR) is 184 cm³/mol. The predicted octanol–water partition coefficient (Wildman–Crippen LogP) is 5.40. The van der Waals surface area contributed by atoms with Gasteiger partial charge >= 0.3 is 11.7 Å². The van der Waals surface area contributed by atoms with Gasteiger partial charge in [-0.25, -0.2) is 9.59 Å². The van der Waals surface area contributed by atoms with Crippen LogP contribution in [0.3, 0.4) is 0 Å². The second-order valence-corrected chi connectivity index (χ2v) is 14.3. The van der Waals surface area contributed by atoms with Gasteiger partial charge in [0.05, 0.1) is 20.0 Å². The molecule has 1 aromatic heterocycles. The molecule has 0 bridgehead atoms. The smallest absolute Gasteiger partial charge is 0.326 e. The number of carbonyl (C=O) groups is 2. The number of aromatic amines is 1. The molecule has 7 rings (SSSR count). The third-order valence-corrected chi connectivity index (χ3v) is 11.1. The molecule has 0 radical (unpaired) electrons. The number of nitrogens with one attached hydrogen (secondary N) is 2. The zero-order valence-corrected chi connectivity index (χ0v) is 28.5. The largest absolute Gasteiger partial charge is 0.506 e. The fourth-order valence-electron chi connectivity index (χ4n) is 7.48. The first-order valence-electron chi connectivity index (χ1n) is 15.8. The first kappa shape index (κ1) is 30.9. The lowest BCUT2D eigenvalue weighted by Gasteiger charge is -2.51. The number of nitrogens with zero attached hydrogens (tertiary/aromatic N) is 4. The molecule has 0 spiro atoms. The number of hydrogen-bond acceptors (Lipinski definition) is 5. The zero-order valence-electron chi connectivity index (χ0n) is 25.3. The number of imidazole rings is 1. The first-order chi connectivity index (χ1) is 22.2. The number of anilines is 1. The number of likely N-dealkylation sites (tertiary alicyclic amines) is 1. The standard InChI is InChI=1S/C34H36Br2N6O4/c35-26-18-22(19-27(36)30(26)43)20-34(13-10-25-21-40(16-17-41(25)31(34)44)23-6-2-1-3-7-23)38-33(46)39-14-11-24(12-15-39)42-29-9-5-4-8-28(29)37-32(42)45/h1-9,18-19,24-25,43H,10-17,20-21H2,(H,37,45)(H,38,46)/t25-,34-/m0/s1. The number of aromatic nitrogens is 2. The van der Waals surface area contributed by atoms with E-state index in [1.165, 1.54) is 0 Å². The van der Waals surface area contributed by atoms with E-state index in [1.54, 1.807) is 4.90 Å². The van der Waals surface area contributed by atoms with Gasteiger partial charge in [-0.15, -0.1) is 0 Å². The lowest BCUT2D eigenvalue weighted by atomic mass is 9.79. The summed E-state index contributed by atoms with van der Waals surface area (Å²) in [5.74, 6) is 0.0245. The molecule has 240 valence electrons. The quantitative estimate of drug-likeness (QED) is 0.253. The third-order valence-electron chi connectivity index (χ3n) is 9.85. The van der Waals surface area contributed by atoms with E-state index in [2.05, 4.69) is 59.2 Å². The molecule has 10 nitrogen and oxygen atoms in total. The van der Waals surface area contributed by atoms with Crippen LogP contribution in [0.4, 0.5) is 10.5 Å². The molecule has 12 heteroatoms. The Bertz CT molecular complexity index is 1810. The van der Waals surface area contributed by atoms with Crippen LogP contribution < -0.4 is 15.9 Å². The molecule has 46 heavy (non-hydrogen) atoms. The highest BCUT2D eigenvalue weighted by molar-refractivity contribution is 9.11. The van der Waals surface area contributed by atoms with Crippen molar-refractivity contribution >= 4 is 60.5 Å². The van der Waals surface area contributed by atoms with E-state index in [-0.39, 0.29) is 35.5 Å². The van der Waals surface area contributed by atoms with Crippen molar-refractivity contribution in [1.29, 1.82) is 0 Å². The number of aromatic hydroxyl groups is 1. The van der Waals surface area contributed by atoms with Crippen molar-refractivity contribution in [1.82, 2.24) is 24.7 Å². The van der Waals surface area contributed by atoms with Crippen molar-refractivity contribution in [3.8, 4) is 5.75 Å². The van der Waals surface area contributed by atoms with Crippen molar-refractivity contribution in [3.05, 3.63) is 91.7 Å². The number of rotatable bonds is 5. The number of halogens is 2. The minimum Gasteiger partial charge on any atom is -0.506 e. The van der Waals surface area contributed by atoms with Crippen LogP contribution in [0.15, 0.2) is 80.5 Å². The monoisotopic (exact) mass is 750 g/mol. The number of urea groups is 1. The number of hydrogen-bond donors (Lipinski definition) is 3. The van der Waals surface area contributed by atoms with Gasteiger partial charge in [0.15, 0.2) is 0 Å². The summed E-state index contributed by atoms with van der Waals surface area (Å²) in [4.78, 5) is 50.3. The Morgan fingerprint density at radius 1 is 0.913 bits per heavy atom. The number of amides is 3. The van der Waals surface area contributed by atoms with Gasteiger partial charge in [0.2, 0.25) is 5.91 Å². The Labute approximate surface area is 283 Å². The van der Waals surface area contributed by atoms with Gasteiger partial charge in [-0.3, -0.25) is 9.36 Å². The number of phenols is 1. The number of piperidine rings is 2. The highest BCUT2D eigenvalue weighted by Gasteiger charge is 2.50. The minimum atomic E-state index is -1.14. The van der Waals surface area contributed by atoms with Crippen LogP contribution in [0.2, 0.25) is 0 Å². The summed E-state index contributed by atoms with van der Waals surface area (Å²) >= 11 is 6.86. The number of benzene rings is 3. The first-order valence-corrected chi connectivity index (χ1v) is 17.4. The number of phenolic OH excluding ortho intramolecular Hbond substituents is 1. The normalized spacial score (nSPS) is 22.3. The zero-order chi connectivity index (χ0) is 32.0. The highest BCUT2D eigenvalue weighted by Crippen LogP contribution is 2.38. The second-order valence-electron chi connectivity index (χ2n) is 12.6. The van der Waals surface area contributed by atoms with Gasteiger partial charge in [0.25, 0.3) is 0 Å². The van der Waals surface area contributed by atoms with Crippen molar-refractivity contribution in [3.63, 3.8) is 0 Å². The molecule has 4 heterocycles. The molecule has 3 aromatic carbocycles. The highest BCUT2D eigenvalue weighted by atomic mass is 79.9. The molecule has 0 unspecified atom stereocenters. The SMILES string of the molecule is O=C(N[C@]1(Cc2cc(Br)c(O)c(Br)c2)CC[C@H]2CN(c3ccccc3)CCN2C1=O)N1CCC(n2c(=O)[nH]c3ccccc32)CC1. The van der Waals surface area contributed by atoms with E-state index in [1.807, 2.05) is 64.1 Å². The van der Waals surface area contributed by atoms with Crippen LogP contribution in [-0.4, -0.2) is 80.7 Å². The molecule has 0 aliphatic carbocycles. The van der Waals surface area contributed by atoms with Gasteiger partial charge in [-0.1, -0.05) is 30.3 Å².